The third-order valence-corrected chi connectivity index (χ3v) is 6.95. The molecule has 1 aromatic carbocycles. The monoisotopic (exact) mass is 684 g/mol. The number of nitrogens with two attached hydrogens (primary N) is 1. The summed E-state index contributed by atoms with van der Waals surface area (Å²) in [4.78, 5) is 112. The van der Waals surface area contributed by atoms with Crippen LogP contribution in [0.4, 0.5) is 0 Å². The van der Waals surface area contributed by atoms with Crippen molar-refractivity contribution in [1.29, 1.82) is 5.26 Å². The van der Waals surface area contributed by atoms with E-state index in [1.54, 1.807) is 12.1 Å². The molecule has 49 heavy (non-hydrogen) atoms. The molecule has 10 N–H and O–H groups in total. The third-order valence-electron chi connectivity index (χ3n) is 6.95. The lowest BCUT2D eigenvalue weighted by molar-refractivity contribution is -0.132. The van der Waals surface area contributed by atoms with Gasteiger partial charge in [0.1, 0.15) is 18.1 Å². The van der Waals surface area contributed by atoms with E-state index in [0.29, 0.717) is 11.1 Å². The van der Waals surface area contributed by atoms with Crippen LogP contribution in [-0.2, 0) is 49.6 Å². The van der Waals surface area contributed by atoms with Gasteiger partial charge in [0.05, 0.1) is 37.8 Å². The summed E-state index contributed by atoms with van der Waals surface area (Å²) in [6.45, 7) is -0.948. The third kappa shape index (κ3) is 15.4. The number of amides is 9. The number of hydrogen-bond donors (Lipinski definition) is 9. The summed E-state index contributed by atoms with van der Waals surface area (Å²) in [7, 11) is 0. The molecular formula is C30H40N10O9. The number of rotatable bonds is 6. The number of carbonyl (C=O) groups is 9. The van der Waals surface area contributed by atoms with E-state index in [2.05, 4.69) is 42.5 Å². The predicted octanol–water partition coefficient (Wildman–Crippen LogP) is -4.78. The highest BCUT2D eigenvalue weighted by Crippen LogP contribution is 2.07. The fraction of sp³-hybridized carbons (Fsp3) is 0.467. The van der Waals surface area contributed by atoms with Gasteiger partial charge < -0.3 is 48.3 Å². The molecule has 1 aliphatic heterocycles. The van der Waals surface area contributed by atoms with Gasteiger partial charge in [-0.15, -0.1) is 0 Å². The van der Waals surface area contributed by atoms with Crippen LogP contribution in [0.25, 0.3) is 0 Å². The van der Waals surface area contributed by atoms with Gasteiger partial charge in [-0.3, -0.25) is 43.2 Å². The molecule has 1 saturated heterocycles. The lowest BCUT2D eigenvalue weighted by Crippen LogP contribution is -2.54. The normalized spacial score (nSPS) is 20.8. The minimum atomic E-state index is -1.30. The molecule has 0 aromatic heterocycles. The second kappa shape index (κ2) is 20.2. The maximum atomic E-state index is 13.1. The molecule has 19 heteroatoms. The SMILES string of the molecule is CC(=O)NCC(=O)NC1CCC(=O)NCCCC(C(N)=O)NC(=O)CNC(=O)CNC(=O)C(Cc2ccc(C#N)cc2)NC(=O)CNC1=O. The first-order chi connectivity index (χ1) is 23.3. The molecule has 19 nitrogen and oxygen atoms in total. The highest BCUT2D eigenvalue weighted by Gasteiger charge is 2.26. The van der Waals surface area contributed by atoms with Crippen molar-refractivity contribution < 1.29 is 43.2 Å². The van der Waals surface area contributed by atoms with E-state index < -0.39 is 97.5 Å². The molecule has 0 saturated carbocycles. The van der Waals surface area contributed by atoms with Gasteiger partial charge in [0.2, 0.25) is 53.2 Å². The van der Waals surface area contributed by atoms with Crippen LogP contribution < -0.4 is 48.3 Å². The lowest BCUT2D eigenvalue weighted by Gasteiger charge is -2.20. The number of primary amides is 1. The highest BCUT2D eigenvalue weighted by atomic mass is 16.2. The van der Waals surface area contributed by atoms with E-state index in [-0.39, 0.29) is 38.6 Å². The van der Waals surface area contributed by atoms with E-state index in [1.807, 2.05) is 6.07 Å². The van der Waals surface area contributed by atoms with Gasteiger partial charge in [0.25, 0.3) is 0 Å². The summed E-state index contributed by atoms with van der Waals surface area (Å²) in [5, 5.41) is 28.2. The lowest BCUT2D eigenvalue weighted by atomic mass is 10.0. The van der Waals surface area contributed by atoms with Gasteiger partial charge in [-0.1, -0.05) is 12.1 Å². The summed E-state index contributed by atoms with van der Waals surface area (Å²) >= 11 is 0. The average molecular weight is 685 g/mol. The number of nitrogens with one attached hydrogen (secondary N) is 8. The Labute approximate surface area is 281 Å². The molecule has 0 bridgehead atoms. The number of hydrogen-bond acceptors (Lipinski definition) is 10. The predicted molar refractivity (Wildman–Crippen MR) is 169 cm³/mol. The maximum absolute atomic E-state index is 13.1. The molecule has 1 fully saturated rings. The van der Waals surface area contributed by atoms with E-state index in [1.165, 1.54) is 19.1 Å². The van der Waals surface area contributed by atoms with Crippen LogP contribution in [0.5, 0.6) is 0 Å². The van der Waals surface area contributed by atoms with E-state index >= 15 is 0 Å². The van der Waals surface area contributed by atoms with Crippen LogP contribution in [0.1, 0.15) is 43.7 Å². The first-order valence-electron chi connectivity index (χ1n) is 15.3. The van der Waals surface area contributed by atoms with Crippen molar-refractivity contribution in [2.75, 3.05) is 32.7 Å². The fourth-order valence-electron chi connectivity index (χ4n) is 4.38. The zero-order valence-corrected chi connectivity index (χ0v) is 26.8. The summed E-state index contributed by atoms with van der Waals surface area (Å²) in [6, 6.07) is 4.45. The maximum Gasteiger partial charge on any atom is 0.243 e. The molecule has 1 aliphatic rings. The standard InChI is InChI=1S/C30H40N10O9/c1-17(41)34-14-25(44)39-21-8-9-23(42)33-10-2-3-20(28(32)47)38-26(45)15-35-24(43)13-36-30(49)22(40-27(46)16-37-29(21)48)11-18-4-6-19(12-31)7-5-18/h4-7,20-22H,2-3,8-11,13-16H2,1H3,(H2,32,47)(H,33,42)(H,34,41)(H,35,43)(H,36,49)(H,37,48)(H,38,45)(H,39,44)(H,40,46). The molecule has 264 valence electrons. The fourth-order valence-corrected chi connectivity index (χ4v) is 4.38. The number of benzene rings is 1. The molecule has 3 atom stereocenters. The van der Waals surface area contributed by atoms with Crippen LogP contribution in [0.15, 0.2) is 24.3 Å². The summed E-state index contributed by atoms with van der Waals surface area (Å²) in [5.41, 5.74) is 6.28. The topological polar surface area (TPSA) is 300 Å². The van der Waals surface area contributed by atoms with Crippen LogP contribution in [-0.4, -0.2) is 104 Å². The van der Waals surface area contributed by atoms with E-state index in [4.69, 9.17) is 11.0 Å². The van der Waals surface area contributed by atoms with Gasteiger partial charge in [-0.2, -0.15) is 5.26 Å². The molecule has 0 aliphatic carbocycles. The molecule has 9 amide bonds. The second-order valence-corrected chi connectivity index (χ2v) is 10.9. The van der Waals surface area contributed by atoms with Crippen LogP contribution in [0.3, 0.4) is 0 Å². The Morgan fingerprint density at radius 1 is 0.837 bits per heavy atom. The molecule has 0 spiro atoms. The smallest absolute Gasteiger partial charge is 0.243 e. The van der Waals surface area contributed by atoms with Gasteiger partial charge >= 0.3 is 0 Å². The van der Waals surface area contributed by atoms with Crippen molar-refractivity contribution in [2.24, 2.45) is 5.73 Å². The molecule has 1 aromatic rings. The molecule has 2 rings (SSSR count). The molecule has 0 radical (unpaired) electrons. The van der Waals surface area contributed by atoms with Crippen molar-refractivity contribution in [2.45, 2.75) is 57.2 Å². The van der Waals surface area contributed by atoms with Crippen molar-refractivity contribution in [1.82, 2.24) is 42.5 Å². The first-order valence-corrected chi connectivity index (χ1v) is 15.3. The summed E-state index contributed by atoms with van der Waals surface area (Å²) in [5.74, 6) is -6.51. The van der Waals surface area contributed by atoms with E-state index in [0.717, 1.165) is 0 Å². The summed E-state index contributed by atoms with van der Waals surface area (Å²) in [6.07, 6.45) is -0.249. The highest BCUT2D eigenvalue weighted by molar-refractivity contribution is 5.95. The number of carbonyl (C=O) groups excluding carboxylic acids is 9. The largest absolute Gasteiger partial charge is 0.368 e. The van der Waals surface area contributed by atoms with Gasteiger partial charge in [0.15, 0.2) is 0 Å². The van der Waals surface area contributed by atoms with Crippen molar-refractivity contribution >= 4 is 53.2 Å². The zero-order chi connectivity index (χ0) is 36.3. The quantitative estimate of drug-likeness (QED) is 0.138. The van der Waals surface area contributed by atoms with Crippen molar-refractivity contribution in [3.05, 3.63) is 35.4 Å². The Morgan fingerprint density at radius 2 is 1.47 bits per heavy atom. The first kappa shape index (κ1) is 39.1. The van der Waals surface area contributed by atoms with Gasteiger partial charge in [-0.05, 0) is 37.0 Å². The Balaban J connectivity index is 2.26. The van der Waals surface area contributed by atoms with Crippen molar-refractivity contribution in [3.63, 3.8) is 0 Å². The molecular weight excluding hydrogens is 644 g/mol. The van der Waals surface area contributed by atoms with Crippen LogP contribution >= 0.6 is 0 Å². The minimum absolute atomic E-state index is 0.0528. The Bertz CT molecular complexity index is 1460. The van der Waals surface area contributed by atoms with Gasteiger partial charge in [-0.25, -0.2) is 0 Å². The molecule has 3 unspecified atom stereocenters. The summed E-state index contributed by atoms with van der Waals surface area (Å²) < 4.78 is 0. The Kier molecular flexibility index (Phi) is 16.2. The van der Waals surface area contributed by atoms with Crippen LogP contribution in [0.2, 0.25) is 0 Å². The Hall–Kier alpha value is -6.06. The second-order valence-electron chi connectivity index (χ2n) is 10.9. The molecule has 1 heterocycles. The number of nitrogens with zero attached hydrogens (tertiary/aromatic N) is 1. The van der Waals surface area contributed by atoms with Crippen molar-refractivity contribution in [3.8, 4) is 6.07 Å². The van der Waals surface area contributed by atoms with E-state index in [9.17, 15) is 43.2 Å². The number of nitriles is 1. The Morgan fingerprint density at radius 3 is 2.12 bits per heavy atom. The van der Waals surface area contributed by atoms with Crippen LogP contribution in [0, 0.1) is 11.3 Å². The minimum Gasteiger partial charge on any atom is -0.368 e. The zero-order valence-electron chi connectivity index (χ0n) is 26.8. The average Bonchev–Trinajstić information content (AvgIpc) is 3.06. The van der Waals surface area contributed by atoms with Gasteiger partial charge in [0, 0.05) is 26.3 Å².